The highest BCUT2D eigenvalue weighted by molar-refractivity contribution is 7.13. The topological polar surface area (TPSA) is 77.0 Å². The van der Waals surface area contributed by atoms with E-state index in [1.807, 2.05) is 57.6 Å². The van der Waals surface area contributed by atoms with Gasteiger partial charge in [-0.1, -0.05) is 26.0 Å². The van der Waals surface area contributed by atoms with Gasteiger partial charge in [0.25, 0.3) is 0 Å². The number of benzene rings is 1. The molecule has 32 heavy (non-hydrogen) atoms. The Balaban J connectivity index is 1.64. The zero-order chi connectivity index (χ0) is 22.7. The Labute approximate surface area is 191 Å². The molecule has 0 atom stereocenters. The van der Waals surface area contributed by atoms with E-state index in [-0.39, 0.29) is 11.8 Å². The first-order chi connectivity index (χ1) is 15.4. The normalized spacial score (nSPS) is 11.2. The lowest BCUT2D eigenvalue weighted by Gasteiger charge is -2.16. The maximum atomic E-state index is 12.0. The number of aryl methyl sites for hydroxylation is 2. The molecule has 0 saturated carbocycles. The molecule has 0 bridgehead atoms. The van der Waals surface area contributed by atoms with Gasteiger partial charge >= 0.3 is 0 Å². The average molecular weight is 447 g/mol. The van der Waals surface area contributed by atoms with Crippen LogP contribution in [0.1, 0.15) is 36.4 Å². The fraction of sp³-hybridized carbons (Fsp3) is 0.280. The van der Waals surface area contributed by atoms with Crippen molar-refractivity contribution in [2.45, 2.75) is 40.8 Å². The minimum absolute atomic E-state index is 0.00417. The predicted molar refractivity (Wildman–Crippen MR) is 128 cm³/mol. The number of hydrogen-bond acceptors (Lipinski definition) is 6. The van der Waals surface area contributed by atoms with Crippen molar-refractivity contribution in [3.8, 4) is 16.2 Å². The van der Waals surface area contributed by atoms with E-state index in [4.69, 9.17) is 9.72 Å². The van der Waals surface area contributed by atoms with Crippen LogP contribution in [0.25, 0.3) is 21.3 Å². The van der Waals surface area contributed by atoms with Gasteiger partial charge in [0.2, 0.25) is 5.91 Å². The number of nitrogens with zero attached hydrogens (tertiary/aromatic N) is 3. The highest BCUT2D eigenvalue weighted by atomic mass is 32.1. The number of thiazole rings is 1. The molecule has 1 aromatic carbocycles. The second kappa shape index (κ2) is 9.44. The fourth-order valence-electron chi connectivity index (χ4n) is 3.54. The van der Waals surface area contributed by atoms with Gasteiger partial charge in [-0.15, -0.1) is 11.3 Å². The van der Waals surface area contributed by atoms with Gasteiger partial charge in [-0.05, 0) is 37.6 Å². The van der Waals surface area contributed by atoms with Crippen LogP contribution in [0.15, 0.2) is 48.2 Å². The minimum Gasteiger partial charge on any atom is -0.487 e. The van der Waals surface area contributed by atoms with Gasteiger partial charge in [0, 0.05) is 40.5 Å². The van der Waals surface area contributed by atoms with Crippen molar-refractivity contribution < 1.29 is 9.53 Å². The Morgan fingerprint density at radius 2 is 2.06 bits per heavy atom. The quantitative estimate of drug-likeness (QED) is 0.421. The van der Waals surface area contributed by atoms with E-state index in [9.17, 15) is 4.79 Å². The van der Waals surface area contributed by atoms with Crippen molar-refractivity contribution in [3.63, 3.8) is 0 Å². The summed E-state index contributed by atoms with van der Waals surface area (Å²) in [6.45, 7) is 8.48. The lowest BCUT2D eigenvalue weighted by atomic mass is 10.1. The van der Waals surface area contributed by atoms with Crippen LogP contribution in [-0.4, -0.2) is 20.9 Å². The summed E-state index contributed by atoms with van der Waals surface area (Å²) >= 11 is 1.61. The van der Waals surface area contributed by atoms with E-state index in [0.717, 1.165) is 49.6 Å². The first-order valence-electron chi connectivity index (χ1n) is 10.6. The smallest absolute Gasteiger partial charge is 0.222 e. The molecule has 0 aliphatic rings. The molecule has 1 amide bonds. The number of hydrogen-bond donors (Lipinski definition) is 1. The minimum atomic E-state index is -0.0720. The number of aromatic nitrogens is 3. The summed E-state index contributed by atoms with van der Waals surface area (Å²) in [6.07, 6.45) is 3.64. The number of fused-ring (bicyclic) bond motifs is 1. The summed E-state index contributed by atoms with van der Waals surface area (Å²) in [7, 11) is 0. The van der Waals surface area contributed by atoms with Crippen molar-refractivity contribution in [2.75, 3.05) is 0 Å². The molecule has 3 aromatic heterocycles. The lowest BCUT2D eigenvalue weighted by molar-refractivity contribution is -0.124. The fourth-order valence-corrected chi connectivity index (χ4v) is 4.19. The molecule has 0 spiro atoms. The SMILES string of the molecule is Cc1cc(-c2cncs2)c2cccc(OCc3c(C)ccnc3CNC(=O)C(C)C)c2n1. The van der Waals surface area contributed by atoms with Crippen LogP contribution in [0.5, 0.6) is 5.75 Å². The Kier molecular flexibility index (Phi) is 6.46. The number of nitrogens with one attached hydrogen (secondary N) is 1. The van der Waals surface area contributed by atoms with E-state index in [2.05, 4.69) is 27.4 Å². The maximum absolute atomic E-state index is 12.0. The number of ether oxygens (including phenoxy) is 1. The molecule has 7 heteroatoms. The predicted octanol–water partition coefficient (Wildman–Crippen LogP) is 5.22. The highest BCUT2D eigenvalue weighted by Crippen LogP contribution is 2.35. The molecule has 0 fully saturated rings. The van der Waals surface area contributed by atoms with E-state index in [0.29, 0.717) is 13.2 Å². The molecule has 4 aromatic rings. The van der Waals surface area contributed by atoms with Gasteiger partial charge in [0.05, 0.1) is 22.6 Å². The molecule has 4 rings (SSSR count). The summed E-state index contributed by atoms with van der Waals surface area (Å²) in [5.41, 5.74) is 7.55. The van der Waals surface area contributed by atoms with Crippen LogP contribution in [0.2, 0.25) is 0 Å². The maximum Gasteiger partial charge on any atom is 0.222 e. The second-order valence-electron chi connectivity index (χ2n) is 8.04. The van der Waals surface area contributed by atoms with Crippen LogP contribution >= 0.6 is 11.3 Å². The second-order valence-corrected chi connectivity index (χ2v) is 8.93. The van der Waals surface area contributed by atoms with Crippen molar-refractivity contribution in [1.29, 1.82) is 0 Å². The Bertz CT molecular complexity index is 1250. The summed E-state index contributed by atoms with van der Waals surface area (Å²) in [6, 6.07) is 10.0. The molecule has 3 heterocycles. The first-order valence-corrected chi connectivity index (χ1v) is 11.4. The van der Waals surface area contributed by atoms with E-state index in [1.54, 1.807) is 17.5 Å². The summed E-state index contributed by atoms with van der Waals surface area (Å²) in [5.74, 6) is 0.652. The third-order valence-electron chi connectivity index (χ3n) is 5.33. The number of carbonyl (C=O) groups excluding carboxylic acids is 1. The molecule has 0 saturated heterocycles. The number of pyridine rings is 2. The Hall–Kier alpha value is -3.32. The Morgan fingerprint density at radius 3 is 2.81 bits per heavy atom. The number of rotatable bonds is 7. The van der Waals surface area contributed by atoms with Crippen LogP contribution in [-0.2, 0) is 17.9 Å². The van der Waals surface area contributed by atoms with Crippen LogP contribution in [0.4, 0.5) is 0 Å². The monoisotopic (exact) mass is 446 g/mol. The highest BCUT2D eigenvalue weighted by Gasteiger charge is 2.15. The molecule has 0 unspecified atom stereocenters. The molecular formula is C25H26N4O2S. The van der Waals surface area contributed by atoms with Gasteiger partial charge in [-0.3, -0.25) is 14.8 Å². The molecule has 0 aliphatic carbocycles. The van der Waals surface area contributed by atoms with Gasteiger partial charge in [-0.25, -0.2) is 4.98 Å². The van der Waals surface area contributed by atoms with Gasteiger partial charge in [-0.2, -0.15) is 0 Å². The van der Waals surface area contributed by atoms with E-state index >= 15 is 0 Å². The summed E-state index contributed by atoms with van der Waals surface area (Å²) in [4.78, 5) is 26.6. The molecule has 6 nitrogen and oxygen atoms in total. The van der Waals surface area contributed by atoms with E-state index < -0.39 is 0 Å². The number of para-hydroxylation sites is 1. The summed E-state index contributed by atoms with van der Waals surface area (Å²) < 4.78 is 6.28. The standard InChI is InChI=1S/C25H26N4O2S/c1-15(2)25(30)28-11-21-20(16(3)8-9-27-21)13-31-22-7-5-6-18-19(23-12-26-14-32-23)10-17(4)29-24(18)22/h5-10,12,14-15H,11,13H2,1-4H3,(H,28,30). The van der Waals surface area contributed by atoms with Gasteiger partial charge < -0.3 is 10.1 Å². The largest absolute Gasteiger partial charge is 0.487 e. The molecule has 0 radical (unpaired) electrons. The summed E-state index contributed by atoms with van der Waals surface area (Å²) in [5, 5.41) is 3.98. The van der Waals surface area contributed by atoms with Crippen molar-refractivity contribution in [1.82, 2.24) is 20.3 Å². The zero-order valence-electron chi connectivity index (χ0n) is 18.7. The third kappa shape index (κ3) is 4.62. The number of amides is 1. The zero-order valence-corrected chi connectivity index (χ0v) is 19.5. The molecule has 0 aliphatic heterocycles. The first kappa shape index (κ1) is 21.9. The van der Waals surface area contributed by atoms with Crippen LogP contribution in [0, 0.1) is 19.8 Å². The average Bonchev–Trinajstić information content (AvgIpc) is 3.31. The van der Waals surface area contributed by atoms with Crippen molar-refractivity contribution in [3.05, 3.63) is 70.8 Å². The van der Waals surface area contributed by atoms with Crippen LogP contribution < -0.4 is 10.1 Å². The third-order valence-corrected chi connectivity index (χ3v) is 6.14. The van der Waals surface area contributed by atoms with Crippen molar-refractivity contribution >= 4 is 28.1 Å². The molecule has 164 valence electrons. The molecular weight excluding hydrogens is 420 g/mol. The van der Waals surface area contributed by atoms with Gasteiger partial charge in [0.15, 0.2) is 0 Å². The Morgan fingerprint density at radius 1 is 1.22 bits per heavy atom. The lowest BCUT2D eigenvalue weighted by Crippen LogP contribution is -2.28. The van der Waals surface area contributed by atoms with Crippen LogP contribution in [0.3, 0.4) is 0 Å². The molecule has 1 N–H and O–H groups in total. The number of carbonyl (C=O) groups is 1. The van der Waals surface area contributed by atoms with Crippen molar-refractivity contribution in [2.24, 2.45) is 5.92 Å². The van der Waals surface area contributed by atoms with E-state index in [1.165, 1.54) is 0 Å². The van der Waals surface area contributed by atoms with Gasteiger partial charge in [0.1, 0.15) is 17.9 Å².